The number of aromatic nitrogens is 1. The van der Waals surface area contributed by atoms with Gasteiger partial charge in [-0.25, -0.2) is 9.78 Å². The number of aryl methyl sites for hydroxylation is 2. The zero-order valence-electron chi connectivity index (χ0n) is 14.5. The lowest BCUT2D eigenvalue weighted by atomic mass is 10.2. The van der Waals surface area contributed by atoms with Gasteiger partial charge in [0.1, 0.15) is 10.8 Å². The van der Waals surface area contributed by atoms with Crippen LogP contribution in [-0.2, 0) is 11.3 Å². The van der Waals surface area contributed by atoms with Crippen LogP contribution in [0.1, 0.15) is 22.5 Å². The van der Waals surface area contributed by atoms with Crippen molar-refractivity contribution in [1.29, 1.82) is 0 Å². The summed E-state index contributed by atoms with van der Waals surface area (Å²) >= 11 is 1.57. The van der Waals surface area contributed by atoms with Crippen LogP contribution in [0.2, 0.25) is 0 Å². The number of thiazole rings is 1. The predicted molar refractivity (Wildman–Crippen MR) is 97.4 cm³/mol. The lowest BCUT2D eigenvalue weighted by molar-refractivity contribution is -0.125. The van der Waals surface area contributed by atoms with E-state index in [1.807, 2.05) is 13.8 Å². The van der Waals surface area contributed by atoms with E-state index < -0.39 is 6.10 Å². The van der Waals surface area contributed by atoms with Gasteiger partial charge >= 0.3 is 6.03 Å². The molecule has 0 unspecified atom stereocenters. The highest BCUT2D eigenvalue weighted by atomic mass is 32.1. The van der Waals surface area contributed by atoms with Gasteiger partial charge in [-0.3, -0.25) is 4.79 Å². The zero-order chi connectivity index (χ0) is 18.1. The standard InChI is InChI=1S/C17H20N4O3S/c1-9-11(3)25-15(19-9)8-18-17(23)20-12-5-6-14-13(7-12)21(4)16(22)10(2)24-14/h5-7,10H,8H2,1-4H3,(H2,18,20,23)/t10-/m0/s1. The summed E-state index contributed by atoms with van der Waals surface area (Å²) in [5.41, 5.74) is 2.20. The van der Waals surface area contributed by atoms with Gasteiger partial charge in [0.2, 0.25) is 0 Å². The number of carbonyl (C=O) groups excluding carboxylic acids is 2. The summed E-state index contributed by atoms with van der Waals surface area (Å²) < 4.78 is 5.57. The first-order chi connectivity index (χ1) is 11.8. The number of ether oxygens (including phenoxy) is 1. The molecule has 25 heavy (non-hydrogen) atoms. The number of likely N-dealkylation sites (N-methyl/N-ethyl adjacent to an activating group) is 1. The van der Waals surface area contributed by atoms with Crippen LogP contribution in [0.3, 0.4) is 0 Å². The molecular formula is C17H20N4O3S. The van der Waals surface area contributed by atoms with Crippen LogP contribution < -0.4 is 20.3 Å². The van der Waals surface area contributed by atoms with Crippen molar-refractivity contribution in [3.05, 3.63) is 33.8 Å². The fourth-order valence-corrected chi connectivity index (χ4v) is 3.41. The third-order valence-corrected chi connectivity index (χ3v) is 5.11. The first kappa shape index (κ1) is 17.2. The SMILES string of the molecule is Cc1nc(CNC(=O)Nc2ccc3c(c2)N(C)C(=O)[C@H](C)O3)sc1C. The number of fused-ring (bicyclic) bond motifs is 1. The van der Waals surface area contributed by atoms with Crippen molar-refractivity contribution in [2.24, 2.45) is 0 Å². The number of hydrogen-bond donors (Lipinski definition) is 2. The molecule has 0 spiro atoms. The second-order valence-corrected chi connectivity index (χ2v) is 7.18. The Bertz CT molecular complexity index is 814. The Kier molecular flexibility index (Phi) is 4.63. The van der Waals surface area contributed by atoms with Gasteiger partial charge in [-0.2, -0.15) is 0 Å². The van der Waals surface area contributed by atoms with Crippen LogP contribution in [0.5, 0.6) is 5.75 Å². The zero-order valence-corrected chi connectivity index (χ0v) is 15.4. The monoisotopic (exact) mass is 360 g/mol. The number of amides is 3. The molecule has 132 valence electrons. The molecule has 1 aromatic heterocycles. The largest absolute Gasteiger partial charge is 0.479 e. The van der Waals surface area contributed by atoms with Crippen LogP contribution in [0.4, 0.5) is 16.2 Å². The quantitative estimate of drug-likeness (QED) is 0.882. The number of carbonyl (C=O) groups is 2. The van der Waals surface area contributed by atoms with Crippen molar-refractivity contribution >= 4 is 34.6 Å². The molecule has 1 aliphatic rings. The Morgan fingerprint density at radius 1 is 1.40 bits per heavy atom. The molecule has 8 heteroatoms. The maximum absolute atomic E-state index is 12.1. The van der Waals surface area contributed by atoms with Crippen molar-refractivity contribution in [3.63, 3.8) is 0 Å². The molecule has 1 aromatic carbocycles. The smallest absolute Gasteiger partial charge is 0.319 e. The van der Waals surface area contributed by atoms with Gasteiger partial charge in [-0.1, -0.05) is 0 Å². The van der Waals surface area contributed by atoms with E-state index in [0.29, 0.717) is 23.7 Å². The molecule has 2 aromatic rings. The molecule has 2 N–H and O–H groups in total. The van der Waals surface area contributed by atoms with Gasteiger partial charge in [0.05, 0.1) is 17.9 Å². The molecule has 0 bridgehead atoms. The van der Waals surface area contributed by atoms with E-state index in [2.05, 4.69) is 15.6 Å². The van der Waals surface area contributed by atoms with Crippen molar-refractivity contribution in [3.8, 4) is 5.75 Å². The Balaban J connectivity index is 1.65. The van der Waals surface area contributed by atoms with Crippen molar-refractivity contribution in [2.45, 2.75) is 33.4 Å². The Morgan fingerprint density at radius 2 is 2.16 bits per heavy atom. The summed E-state index contributed by atoms with van der Waals surface area (Å²) in [4.78, 5) is 31.2. The predicted octanol–water partition coefficient (Wildman–Crippen LogP) is 2.83. The minimum atomic E-state index is -0.509. The van der Waals surface area contributed by atoms with E-state index in [1.54, 1.807) is 43.5 Å². The van der Waals surface area contributed by atoms with E-state index in [0.717, 1.165) is 15.6 Å². The van der Waals surface area contributed by atoms with Crippen molar-refractivity contribution < 1.29 is 14.3 Å². The number of nitrogens with one attached hydrogen (secondary N) is 2. The van der Waals surface area contributed by atoms with Gasteiger partial charge in [-0.05, 0) is 39.0 Å². The summed E-state index contributed by atoms with van der Waals surface area (Å²) in [6.07, 6.45) is -0.509. The molecule has 1 atom stereocenters. The van der Waals surface area contributed by atoms with E-state index in [4.69, 9.17) is 4.74 Å². The highest BCUT2D eigenvalue weighted by Crippen LogP contribution is 2.35. The van der Waals surface area contributed by atoms with E-state index in [9.17, 15) is 9.59 Å². The average Bonchev–Trinajstić information content (AvgIpc) is 2.90. The number of hydrogen-bond acceptors (Lipinski definition) is 5. The Hall–Kier alpha value is -2.61. The normalized spacial score (nSPS) is 16.2. The van der Waals surface area contributed by atoms with Gasteiger partial charge in [0.25, 0.3) is 5.91 Å². The topological polar surface area (TPSA) is 83.6 Å². The molecule has 0 fully saturated rings. The summed E-state index contributed by atoms with van der Waals surface area (Å²) in [5, 5.41) is 6.41. The maximum atomic E-state index is 12.1. The fourth-order valence-electron chi connectivity index (χ4n) is 2.54. The highest BCUT2D eigenvalue weighted by Gasteiger charge is 2.29. The van der Waals surface area contributed by atoms with E-state index >= 15 is 0 Å². The van der Waals surface area contributed by atoms with Crippen LogP contribution in [0, 0.1) is 13.8 Å². The first-order valence-electron chi connectivity index (χ1n) is 7.91. The third kappa shape index (κ3) is 3.58. The molecule has 1 aliphatic heterocycles. The van der Waals surface area contributed by atoms with Gasteiger partial charge in [-0.15, -0.1) is 11.3 Å². The summed E-state index contributed by atoms with van der Waals surface area (Å²) in [6.45, 7) is 6.03. The summed E-state index contributed by atoms with van der Waals surface area (Å²) in [6, 6.07) is 4.88. The molecular weight excluding hydrogens is 340 g/mol. The average molecular weight is 360 g/mol. The van der Waals surface area contributed by atoms with Crippen LogP contribution in [0.15, 0.2) is 18.2 Å². The van der Waals surface area contributed by atoms with Gasteiger partial charge in [0.15, 0.2) is 6.10 Å². The lowest BCUT2D eigenvalue weighted by Gasteiger charge is -2.30. The lowest BCUT2D eigenvalue weighted by Crippen LogP contribution is -2.42. The Morgan fingerprint density at radius 3 is 2.84 bits per heavy atom. The molecule has 2 heterocycles. The summed E-state index contributed by atoms with van der Waals surface area (Å²) in [7, 11) is 1.69. The molecule has 0 radical (unpaired) electrons. The number of urea groups is 1. The maximum Gasteiger partial charge on any atom is 0.319 e. The second kappa shape index (κ2) is 6.72. The first-order valence-corrected chi connectivity index (χ1v) is 8.73. The Labute approximate surface area is 150 Å². The highest BCUT2D eigenvalue weighted by molar-refractivity contribution is 7.11. The molecule has 0 saturated heterocycles. The molecule has 3 amide bonds. The third-order valence-electron chi connectivity index (χ3n) is 4.03. The number of benzene rings is 1. The number of rotatable bonds is 3. The van der Waals surface area contributed by atoms with E-state index in [-0.39, 0.29) is 11.9 Å². The minimum Gasteiger partial charge on any atom is -0.479 e. The van der Waals surface area contributed by atoms with Crippen molar-refractivity contribution in [2.75, 3.05) is 17.3 Å². The second-order valence-electron chi connectivity index (χ2n) is 5.90. The van der Waals surface area contributed by atoms with Crippen LogP contribution in [-0.4, -0.2) is 30.1 Å². The van der Waals surface area contributed by atoms with Crippen LogP contribution in [0.25, 0.3) is 0 Å². The van der Waals surface area contributed by atoms with Crippen molar-refractivity contribution in [1.82, 2.24) is 10.3 Å². The van der Waals surface area contributed by atoms with Gasteiger partial charge < -0.3 is 20.3 Å². The molecule has 3 rings (SSSR count). The fraction of sp³-hybridized carbons (Fsp3) is 0.353. The molecule has 0 aliphatic carbocycles. The van der Waals surface area contributed by atoms with E-state index in [1.165, 1.54) is 4.90 Å². The summed E-state index contributed by atoms with van der Waals surface area (Å²) in [5.74, 6) is 0.498. The molecule has 0 saturated carbocycles. The number of anilines is 2. The number of nitrogens with zero attached hydrogens (tertiary/aromatic N) is 2. The minimum absolute atomic E-state index is 0.122. The van der Waals surface area contributed by atoms with Gasteiger partial charge in [0, 0.05) is 17.6 Å². The van der Waals surface area contributed by atoms with Crippen LogP contribution >= 0.6 is 11.3 Å². The molecule has 7 nitrogen and oxygen atoms in total.